The number of esters is 2. The molecule has 0 aromatic rings. The largest absolute Gasteiger partial charge is 0.464 e. The molecule has 318 valence electrons. The highest BCUT2D eigenvalue weighted by atomic mass is 16.5. The van der Waals surface area contributed by atoms with E-state index in [0.29, 0.717) is 25.2 Å². The van der Waals surface area contributed by atoms with Gasteiger partial charge in [0.05, 0.1) is 17.9 Å². The lowest BCUT2D eigenvalue weighted by molar-refractivity contribution is -0.161. The van der Waals surface area contributed by atoms with Crippen molar-refractivity contribution in [2.45, 2.75) is 220 Å². The van der Waals surface area contributed by atoms with E-state index in [2.05, 4.69) is 37.5 Å². The maximum atomic E-state index is 13.7. The fourth-order valence-corrected chi connectivity index (χ4v) is 8.85. The van der Waals surface area contributed by atoms with Gasteiger partial charge in [0.15, 0.2) is 0 Å². The topological polar surface area (TPSA) is 79.3 Å². The van der Waals surface area contributed by atoms with Crippen molar-refractivity contribution in [1.29, 1.82) is 0 Å². The summed E-state index contributed by atoms with van der Waals surface area (Å²) in [7, 11) is 0. The molecule has 0 saturated carbocycles. The minimum absolute atomic E-state index is 0.0225. The Kier molecular flexibility index (Phi) is 28.9. The molecule has 2 rings (SSSR count). The lowest BCUT2D eigenvalue weighted by Gasteiger charge is -2.56. The Hall–Kier alpha value is -1.18. The highest BCUT2D eigenvalue weighted by Gasteiger charge is 2.47. The predicted molar refractivity (Wildman–Crippen MR) is 227 cm³/mol. The van der Waals surface area contributed by atoms with Gasteiger partial charge in [0.2, 0.25) is 0 Å². The average Bonchev–Trinajstić information content (AvgIpc) is 3.17. The van der Waals surface area contributed by atoms with E-state index in [-0.39, 0.29) is 29.8 Å². The lowest BCUT2D eigenvalue weighted by Crippen LogP contribution is -2.64. The Bertz CT molecular complexity index is 823. The van der Waals surface area contributed by atoms with E-state index in [1.165, 1.54) is 116 Å². The van der Waals surface area contributed by atoms with Crippen molar-refractivity contribution in [2.75, 3.05) is 52.5 Å². The Labute approximate surface area is 334 Å². The van der Waals surface area contributed by atoms with Gasteiger partial charge in [-0.25, -0.2) is 0 Å². The van der Waals surface area contributed by atoms with Crippen LogP contribution in [0.15, 0.2) is 0 Å². The minimum Gasteiger partial charge on any atom is -0.464 e. The van der Waals surface area contributed by atoms with E-state index >= 15 is 0 Å². The van der Waals surface area contributed by atoms with Crippen molar-refractivity contribution >= 4 is 11.9 Å². The molecule has 2 saturated heterocycles. The molecule has 0 atom stereocenters. The van der Waals surface area contributed by atoms with Crippen LogP contribution in [0.1, 0.15) is 214 Å². The van der Waals surface area contributed by atoms with Crippen LogP contribution in [0.2, 0.25) is 0 Å². The number of hydrogen-bond donors (Lipinski definition) is 1. The van der Waals surface area contributed by atoms with E-state index in [4.69, 9.17) is 14.6 Å². The van der Waals surface area contributed by atoms with Crippen LogP contribution in [0.4, 0.5) is 0 Å². The van der Waals surface area contributed by atoms with Crippen LogP contribution < -0.4 is 0 Å². The summed E-state index contributed by atoms with van der Waals surface area (Å²) in [4.78, 5) is 32.5. The van der Waals surface area contributed by atoms with Crippen LogP contribution in [0.3, 0.4) is 0 Å². The number of piperidine rings is 1. The molecule has 0 unspecified atom stereocenters. The van der Waals surface area contributed by atoms with Crippen molar-refractivity contribution in [3.05, 3.63) is 0 Å². The van der Waals surface area contributed by atoms with Gasteiger partial charge in [0, 0.05) is 19.7 Å². The van der Waals surface area contributed by atoms with Crippen molar-refractivity contribution < 1.29 is 24.2 Å². The summed E-state index contributed by atoms with van der Waals surface area (Å²) in [6, 6.07) is -0.0791. The number of nitrogens with zero attached hydrogens (tertiary/aromatic N) is 2. The molecule has 2 aliphatic heterocycles. The number of likely N-dealkylation sites (tertiary alicyclic amines) is 2. The number of aliphatic hydroxyl groups is 1. The first kappa shape index (κ1) is 49.0. The Morgan fingerprint density at radius 1 is 0.537 bits per heavy atom. The first-order valence-corrected chi connectivity index (χ1v) is 23.8. The average molecular weight is 763 g/mol. The molecule has 1 N–H and O–H groups in total. The molecule has 54 heavy (non-hydrogen) atoms. The third-order valence-corrected chi connectivity index (χ3v) is 12.8. The number of ether oxygens (including phenoxy) is 2. The van der Waals surface area contributed by atoms with Crippen LogP contribution in [0.25, 0.3) is 0 Å². The number of hydrogen-bond acceptors (Lipinski definition) is 7. The summed E-state index contributed by atoms with van der Waals surface area (Å²) in [5.74, 6) is -0.102. The summed E-state index contributed by atoms with van der Waals surface area (Å²) >= 11 is 0. The molecule has 7 heteroatoms. The molecule has 0 aromatic carbocycles. The summed E-state index contributed by atoms with van der Waals surface area (Å²) in [5, 5.41) is 9.14. The van der Waals surface area contributed by atoms with Crippen LogP contribution in [-0.4, -0.2) is 85.4 Å². The number of unbranched alkanes of at least 4 members (excludes halogenated alkanes) is 18. The monoisotopic (exact) mass is 763 g/mol. The summed E-state index contributed by atoms with van der Waals surface area (Å²) in [5.41, 5.74) is 0.326. The second-order valence-corrected chi connectivity index (χ2v) is 17.7. The zero-order valence-electron chi connectivity index (χ0n) is 36.4. The number of rotatable bonds is 36. The number of carbonyl (C=O) groups is 2. The van der Waals surface area contributed by atoms with Gasteiger partial charge in [-0.1, -0.05) is 156 Å². The van der Waals surface area contributed by atoms with Crippen LogP contribution in [-0.2, 0) is 19.1 Å². The van der Waals surface area contributed by atoms with Crippen LogP contribution in [0, 0.1) is 17.3 Å². The van der Waals surface area contributed by atoms with Gasteiger partial charge in [-0.05, 0) is 82.8 Å². The smallest absolute Gasteiger partial charge is 0.308 e. The predicted octanol–water partition coefficient (Wildman–Crippen LogP) is 11.7. The van der Waals surface area contributed by atoms with Gasteiger partial charge in [0.1, 0.15) is 13.2 Å². The maximum Gasteiger partial charge on any atom is 0.308 e. The molecule has 2 fully saturated rings. The highest BCUT2D eigenvalue weighted by molar-refractivity contribution is 5.73. The fraction of sp³-hybridized carbons (Fsp3) is 0.957. The van der Waals surface area contributed by atoms with Crippen molar-refractivity contribution in [1.82, 2.24) is 9.80 Å². The number of aliphatic hydroxyl groups excluding tert-OH is 1. The standard InChI is InChI=1S/C47H90N2O5/c1-5-9-13-17-22-28-42(29-23-18-14-10-6-2)45(51)53-38-44(49-40-47(41-49)32-35-48(36-33-47)34-26-21-27-37-50)39-54-46(52)43(30-24-19-15-11-7-3)31-25-20-16-12-8-4/h42-44,50H,5-41H2,1-4H3. The first-order valence-electron chi connectivity index (χ1n) is 23.8. The summed E-state index contributed by atoms with van der Waals surface area (Å²) in [6.07, 6.45) is 33.4. The van der Waals surface area contributed by atoms with Crippen molar-refractivity contribution in [3.63, 3.8) is 0 Å². The summed E-state index contributed by atoms with van der Waals surface area (Å²) < 4.78 is 12.5. The van der Waals surface area contributed by atoms with Crippen molar-refractivity contribution in [3.8, 4) is 0 Å². The SMILES string of the molecule is CCCCCCCC(CCCCCCC)C(=O)OCC(COC(=O)C(CCCCCCC)CCCCCCC)N1CC2(CCN(CCCCCO)CC2)C1. The van der Waals surface area contributed by atoms with E-state index in [1.54, 1.807) is 0 Å². The highest BCUT2D eigenvalue weighted by Crippen LogP contribution is 2.41. The first-order chi connectivity index (χ1) is 26.4. The fourth-order valence-electron chi connectivity index (χ4n) is 8.85. The van der Waals surface area contributed by atoms with Crippen molar-refractivity contribution in [2.24, 2.45) is 17.3 Å². The molecule has 1 spiro atoms. The minimum atomic E-state index is -0.0791. The molecule has 0 aromatic heterocycles. The third-order valence-electron chi connectivity index (χ3n) is 12.8. The van der Waals surface area contributed by atoms with E-state index < -0.39 is 0 Å². The van der Waals surface area contributed by atoms with Gasteiger partial charge >= 0.3 is 11.9 Å². The molecule has 7 nitrogen and oxygen atoms in total. The molecular weight excluding hydrogens is 673 g/mol. The van der Waals surface area contributed by atoms with Gasteiger partial charge in [-0.15, -0.1) is 0 Å². The zero-order valence-corrected chi connectivity index (χ0v) is 36.4. The van der Waals surface area contributed by atoms with Crippen LogP contribution >= 0.6 is 0 Å². The molecule has 0 amide bonds. The number of carbonyl (C=O) groups excluding carboxylic acids is 2. The molecular formula is C47H90N2O5. The van der Waals surface area contributed by atoms with Gasteiger partial charge in [0.25, 0.3) is 0 Å². The van der Waals surface area contributed by atoms with E-state index in [0.717, 1.165) is 103 Å². The van der Waals surface area contributed by atoms with E-state index in [9.17, 15) is 9.59 Å². The van der Waals surface area contributed by atoms with Gasteiger partial charge < -0.3 is 19.5 Å². The molecule has 0 aliphatic carbocycles. The normalized spacial score (nSPS) is 16.1. The second-order valence-electron chi connectivity index (χ2n) is 17.7. The zero-order chi connectivity index (χ0) is 39.1. The summed E-state index contributed by atoms with van der Waals surface area (Å²) in [6.45, 7) is 15.3. The third kappa shape index (κ3) is 21.4. The van der Waals surface area contributed by atoms with Crippen LogP contribution in [0.5, 0.6) is 0 Å². The molecule has 2 aliphatic rings. The van der Waals surface area contributed by atoms with E-state index in [1.807, 2.05) is 0 Å². The lowest BCUT2D eigenvalue weighted by atomic mass is 9.71. The second kappa shape index (κ2) is 31.9. The maximum absolute atomic E-state index is 13.7. The molecule has 2 heterocycles. The Morgan fingerprint density at radius 2 is 0.907 bits per heavy atom. The Morgan fingerprint density at radius 3 is 1.28 bits per heavy atom. The molecule has 0 bridgehead atoms. The Balaban J connectivity index is 2.05. The van der Waals surface area contributed by atoms with Gasteiger partial charge in [-0.2, -0.15) is 0 Å². The van der Waals surface area contributed by atoms with Gasteiger partial charge in [-0.3, -0.25) is 14.5 Å². The molecule has 0 radical (unpaired) electrons. The quantitative estimate of drug-likeness (QED) is 0.0503.